The minimum absolute atomic E-state index is 0.0496. The van der Waals surface area contributed by atoms with Crippen LogP contribution in [0.1, 0.15) is 5.56 Å². The molecule has 20 heavy (non-hydrogen) atoms. The highest BCUT2D eigenvalue weighted by molar-refractivity contribution is 7.89. The summed E-state index contributed by atoms with van der Waals surface area (Å²) in [6.45, 7) is 0.277. The van der Waals surface area contributed by atoms with E-state index in [1.807, 2.05) is 12.1 Å². The molecule has 0 atom stereocenters. The quantitative estimate of drug-likeness (QED) is 0.892. The standard InChI is InChI=1S/C14H14ClNO3S/c15-12-6-4-11(5-7-12)8-9-16-20(18,19)14-3-1-2-13(17)10-14/h1-7,10,16-17H,8-9H2. The van der Waals surface area contributed by atoms with Crippen LogP contribution in [-0.4, -0.2) is 20.1 Å². The van der Waals surface area contributed by atoms with Crippen molar-refractivity contribution in [1.29, 1.82) is 0 Å². The summed E-state index contributed by atoms with van der Waals surface area (Å²) in [5, 5.41) is 9.95. The summed E-state index contributed by atoms with van der Waals surface area (Å²) in [6.07, 6.45) is 0.565. The molecule has 0 saturated heterocycles. The first-order valence-electron chi connectivity index (χ1n) is 6.00. The van der Waals surface area contributed by atoms with E-state index in [1.54, 1.807) is 12.1 Å². The summed E-state index contributed by atoms with van der Waals surface area (Å²) >= 11 is 5.78. The minimum atomic E-state index is -3.60. The van der Waals surface area contributed by atoms with Gasteiger partial charge in [-0.25, -0.2) is 13.1 Å². The van der Waals surface area contributed by atoms with E-state index < -0.39 is 10.0 Å². The van der Waals surface area contributed by atoms with E-state index in [0.29, 0.717) is 11.4 Å². The third kappa shape index (κ3) is 3.96. The van der Waals surface area contributed by atoms with Crippen LogP contribution in [-0.2, 0) is 16.4 Å². The number of hydrogen-bond donors (Lipinski definition) is 2. The van der Waals surface area contributed by atoms with Crippen molar-refractivity contribution in [3.05, 3.63) is 59.1 Å². The molecule has 106 valence electrons. The molecule has 2 rings (SSSR count). The molecule has 0 bridgehead atoms. The molecule has 0 amide bonds. The van der Waals surface area contributed by atoms with Gasteiger partial charge in [-0.1, -0.05) is 29.8 Å². The largest absolute Gasteiger partial charge is 0.508 e. The van der Waals surface area contributed by atoms with Crippen LogP contribution >= 0.6 is 11.6 Å². The van der Waals surface area contributed by atoms with Crippen molar-refractivity contribution >= 4 is 21.6 Å². The van der Waals surface area contributed by atoms with E-state index in [-0.39, 0.29) is 17.2 Å². The number of sulfonamides is 1. The lowest BCUT2D eigenvalue weighted by Crippen LogP contribution is -2.25. The Labute approximate surface area is 123 Å². The van der Waals surface area contributed by atoms with Crippen LogP contribution in [0.25, 0.3) is 0 Å². The first-order chi connectivity index (χ1) is 9.47. The summed E-state index contributed by atoms with van der Waals surface area (Å²) in [7, 11) is -3.60. The molecule has 4 nitrogen and oxygen atoms in total. The fourth-order valence-electron chi connectivity index (χ4n) is 1.71. The molecule has 2 aromatic rings. The monoisotopic (exact) mass is 311 g/mol. The lowest BCUT2D eigenvalue weighted by molar-refractivity contribution is 0.473. The van der Waals surface area contributed by atoms with Gasteiger partial charge in [0.15, 0.2) is 0 Å². The van der Waals surface area contributed by atoms with E-state index in [4.69, 9.17) is 11.6 Å². The lowest BCUT2D eigenvalue weighted by atomic mass is 10.2. The molecule has 0 aliphatic carbocycles. The van der Waals surface area contributed by atoms with Gasteiger partial charge < -0.3 is 5.11 Å². The predicted molar refractivity (Wildman–Crippen MR) is 78.5 cm³/mol. The average Bonchev–Trinajstić information content (AvgIpc) is 2.41. The van der Waals surface area contributed by atoms with Crippen molar-refractivity contribution in [2.75, 3.05) is 6.54 Å². The summed E-state index contributed by atoms with van der Waals surface area (Å²) in [5.74, 6) is -0.0782. The zero-order valence-electron chi connectivity index (χ0n) is 10.6. The van der Waals surface area contributed by atoms with Crippen LogP contribution < -0.4 is 4.72 Å². The molecule has 0 radical (unpaired) electrons. The summed E-state index contributed by atoms with van der Waals surface area (Å²) < 4.78 is 26.5. The van der Waals surface area contributed by atoms with Crippen molar-refractivity contribution in [3.63, 3.8) is 0 Å². The number of rotatable bonds is 5. The molecular formula is C14H14ClNO3S. The van der Waals surface area contributed by atoms with Gasteiger partial charge in [-0.05, 0) is 42.3 Å². The molecule has 0 fully saturated rings. The van der Waals surface area contributed by atoms with Crippen LogP contribution in [0.3, 0.4) is 0 Å². The Bertz CT molecular complexity index is 684. The number of aromatic hydroxyl groups is 1. The van der Waals surface area contributed by atoms with Gasteiger partial charge in [0, 0.05) is 11.6 Å². The second kappa shape index (κ2) is 6.26. The Morgan fingerprint density at radius 1 is 1.10 bits per heavy atom. The molecule has 0 spiro atoms. The molecule has 2 N–H and O–H groups in total. The third-order valence-corrected chi connectivity index (χ3v) is 4.46. The van der Waals surface area contributed by atoms with Gasteiger partial charge >= 0.3 is 0 Å². The van der Waals surface area contributed by atoms with Gasteiger partial charge in [-0.3, -0.25) is 0 Å². The molecule has 0 heterocycles. The number of hydrogen-bond acceptors (Lipinski definition) is 3. The molecule has 0 unspecified atom stereocenters. The Balaban J connectivity index is 1.98. The molecule has 0 aromatic heterocycles. The van der Waals surface area contributed by atoms with Crippen molar-refractivity contribution < 1.29 is 13.5 Å². The fraction of sp³-hybridized carbons (Fsp3) is 0.143. The normalized spacial score (nSPS) is 11.4. The molecule has 2 aromatic carbocycles. The van der Waals surface area contributed by atoms with Gasteiger partial charge in [0.1, 0.15) is 5.75 Å². The van der Waals surface area contributed by atoms with Crippen molar-refractivity contribution in [2.45, 2.75) is 11.3 Å². The van der Waals surface area contributed by atoms with Gasteiger partial charge in [0.25, 0.3) is 0 Å². The molecule has 6 heteroatoms. The van der Waals surface area contributed by atoms with Crippen LogP contribution in [0.5, 0.6) is 5.75 Å². The van der Waals surface area contributed by atoms with Crippen LogP contribution in [0.15, 0.2) is 53.4 Å². The highest BCUT2D eigenvalue weighted by Crippen LogP contribution is 2.15. The Hall–Kier alpha value is -1.56. The summed E-state index contributed by atoms with van der Waals surface area (Å²) in [6, 6.07) is 12.8. The van der Waals surface area contributed by atoms with Gasteiger partial charge in [0.05, 0.1) is 4.90 Å². The van der Waals surface area contributed by atoms with Gasteiger partial charge in [-0.2, -0.15) is 0 Å². The highest BCUT2D eigenvalue weighted by Gasteiger charge is 2.13. The first-order valence-corrected chi connectivity index (χ1v) is 7.87. The average molecular weight is 312 g/mol. The fourth-order valence-corrected chi connectivity index (χ4v) is 2.91. The predicted octanol–water partition coefficient (Wildman–Crippen LogP) is 2.57. The maximum atomic E-state index is 12.0. The van der Waals surface area contributed by atoms with E-state index in [1.165, 1.54) is 24.3 Å². The van der Waals surface area contributed by atoms with E-state index in [2.05, 4.69) is 4.72 Å². The second-order valence-electron chi connectivity index (χ2n) is 4.27. The van der Waals surface area contributed by atoms with Gasteiger partial charge in [-0.15, -0.1) is 0 Å². The van der Waals surface area contributed by atoms with Crippen LogP contribution in [0.4, 0.5) is 0 Å². The van der Waals surface area contributed by atoms with Crippen LogP contribution in [0.2, 0.25) is 5.02 Å². The van der Waals surface area contributed by atoms with Crippen molar-refractivity contribution in [1.82, 2.24) is 4.72 Å². The van der Waals surface area contributed by atoms with E-state index >= 15 is 0 Å². The molecular weight excluding hydrogens is 298 g/mol. The van der Waals surface area contributed by atoms with E-state index in [0.717, 1.165) is 5.56 Å². The zero-order chi connectivity index (χ0) is 14.6. The molecule has 0 aliphatic heterocycles. The van der Waals surface area contributed by atoms with Crippen LogP contribution in [0, 0.1) is 0 Å². The number of halogens is 1. The minimum Gasteiger partial charge on any atom is -0.508 e. The zero-order valence-corrected chi connectivity index (χ0v) is 12.2. The summed E-state index contributed by atoms with van der Waals surface area (Å²) in [5.41, 5.74) is 0.994. The Morgan fingerprint density at radius 2 is 1.80 bits per heavy atom. The SMILES string of the molecule is O=S(=O)(NCCc1ccc(Cl)cc1)c1cccc(O)c1. The maximum absolute atomic E-state index is 12.0. The number of phenols is 1. The van der Waals surface area contributed by atoms with Crippen molar-refractivity contribution in [3.8, 4) is 5.75 Å². The topological polar surface area (TPSA) is 66.4 Å². The first kappa shape index (κ1) is 14.8. The number of phenolic OH excluding ortho intramolecular Hbond substituents is 1. The van der Waals surface area contributed by atoms with Crippen molar-refractivity contribution in [2.24, 2.45) is 0 Å². The Morgan fingerprint density at radius 3 is 2.45 bits per heavy atom. The number of benzene rings is 2. The lowest BCUT2D eigenvalue weighted by Gasteiger charge is -2.07. The second-order valence-corrected chi connectivity index (χ2v) is 6.47. The summed E-state index contributed by atoms with van der Waals surface area (Å²) in [4.78, 5) is 0.0496. The van der Waals surface area contributed by atoms with Gasteiger partial charge in [0.2, 0.25) is 10.0 Å². The highest BCUT2D eigenvalue weighted by atomic mass is 35.5. The van der Waals surface area contributed by atoms with E-state index in [9.17, 15) is 13.5 Å². The Kier molecular flexibility index (Phi) is 4.65. The molecule has 0 saturated carbocycles. The third-order valence-electron chi connectivity index (χ3n) is 2.75. The maximum Gasteiger partial charge on any atom is 0.240 e. The smallest absolute Gasteiger partial charge is 0.240 e. The number of nitrogens with one attached hydrogen (secondary N) is 1. The molecule has 0 aliphatic rings.